The van der Waals surface area contributed by atoms with Gasteiger partial charge in [-0.15, -0.1) is 0 Å². The maximum absolute atomic E-state index is 13.7. The number of aryl methyl sites for hydroxylation is 1. The number of esters is 1. The van der Waals surface area contributed by atoms with Gasteiger partial charge in [0, 0.05) is 0 Å². The molecule has 2 heterocycles. The number of nitrogens with zero attached hydrogens (tertiary/aromatic N) is 2. The number of halogens is 1. The van der Waals surface area contributed by atoms with Crippen LogP contribution in [0.3, 0.4) is 0 Å². The van der Waals surface area contributed by atoms with Crippen molar-refractivity contribution < 1.29 is 28.3 Å². The normalized spacial score (nSPS) is 21.7. The Balaban J connectivity index is 1.54. The van der Waals surface area contributed by atoms with Gasteiger partial charge in [0.25, 0.3) is 5.91 Å². The fourth-order valence-electron chi connectivity index (χ4n) is 4.55. The van der Waals surface area contributed by atoms with Gasteiger partial charge in [0.15, 0.2) is 6.10 Å². The number of hydrogen-bond acceptors (Lipinski definition) is 6. The smallest absolute Gasteiger partial charge is 0.337 e. The lowest BCUT2D eigenvalue weighted by Gasteiger charge is -2.29. The molecule has 172 valence electrons. The first-order valence-electron chi connectivity index (χ1n) is 10.7. The first-order valence-corrected chi connectivity index (χ1v) is 10.7. The number of carbonyl (C=O) groups is 3. The van der Waals surface area contributed by atoms with Crippen LogP contribution in [-0.2, 0) is 19.2 Å². The number of amides is 2. The molecule has 2 saturated heterocycles. The third-order valence-electron chi connectivity index (χ3n) is 6.23. The lowest BCUT2D eigenvalue weighted by atomic mass is 9.90. The molecule has 8 heteroatoms. The highest BCUT2D eigenvalue weighted by Crippen LogP contribution is 2.48. The maximum Gasteiger partial charge on any atom is 0.337 e. The van der Waals surface area contributed by atoms with Crippen molar-refractivity contribution in [3.8, 4) is 0 Å². The van der Waals surface area contributed by atoms with Crippen molar-refractivity contribution in [2.24, 2.45) is 5.92 Å². The monoisotopic (exact) mass is 460 g/mol. The van der Waals surface area contributed by atoms with Crippen molar-refractivity contribution in [2.75, 3.05) is 17.1 Å². The van der Waals surface area contributed by atoms with Crippen molar-refractivity contribution in [3.63, 3.8) is 0 Å². The van der Waals surface area contributed by atoms with Crippen LogP contribution in [0.15, 0.2) is 72.8 Å². The van der Waals surface area contributed by atoms with Gasteiger partial charge in [-0.3, -0.25) is 14.4 Å². The highest BCUT2D eigenvalue weighted by molar-refractivity contribution is 6.24. The summed E-state index contributed by atoms with van der Waals surface area (Å²) in [7, 11) is 1.28. The van der Waals surface area contributed by atoms with Gasteiger partial charge in [-0.05, 0) is 60.5 Å². The van der Waals surface area contributed by atoms with Crippen molar-refractivity contribution in [3.05, 3.63) is 95.3 Å². The second-order valence-corrected chi connectivity index (χ2v) is 8.21. The van der Waals surface area contributed by atoms with Gasteiger partial charge in [-0.2, -0.15) is 0 Å². The predicted molar refractivity (Wildman–Crippen MR) is 121 cm³/mol. The number of fused-ring (bicyclic) bond motifs is 1. The summed E-state index contributed by atoms with van der Waals surface area (Å²) in [5.41, 5.74) is 2.92. The van der Waals surface area contributed by atoms with Gasteiger partial charge in [-0.1, -0.05) is 30.3 Å². The number of anilines is 2. The fraction of sp³-hybridized carbons (Fsp3) is 0.192. The second kappa shape index (κ2) is 8.39. The van der Waals surface area contributed by atoms with Crippen LogP contribution >= 0.6 is 0 Å². The molecule has 3 aromatic carbocycles. The SMILES string of the molecule is COC(=O)c1ccc(N2C(=O)[C@@H]3[C@@H](c4ccc(F)cc4)N(c4ccccc4C)O[C@H]3C2=O)cc1. The Morgan fingerprint density at radius 1 is 0.941 bits per heavy atom. The number of benzene rings is 3. The van der Waals surface area contributed by atoms with E-state index >= 15 is 0 Å². The van der Waals surface area contributed by atoms with E-state index in [2.05, 4.69) is 0 Å². The summed E-state index contributed by atoms with van der Waals surface area (Å²) in [6.45, 7) is 1.91. The minimum absolute atomic E-state index is 0.303. The third kappa shape index (κ3) is 3.43. The van der Waals surface area contributed by atoms with E-state index in [0.717, 1.165) is 16.2 Å². The Hall–Kier alpha value is -4.04. The predicted octanol–water partition coefficient (Wildman–Crippen LogP) is 3.97. The number of imide groups is 1. The highest BCUT2D eigenvalue weighted by Gasteiger charge is 2.60. The summed E-state index contributed by atoms with van der Waals surface area (Å²) >= 11 is 0. The summed E-state index contributed by atoms with van der Waals surface area (Å²) in [6, 6.07) is 18.7. The molecule has 5 rings (SSSR count). The van der Waals surface area contributed by atoms with Crippen LogP contribution in [0.25, 0.3) is 0 Å². The zero-order valence-electron chi connectivity index (χ0n) is 18.5. The van der Waals surface area contributed by atoms with Gasteiger partial charge < -0.3 is 4.74 Å². The second-order valence-electron chi connectivity index (χ2n) is 8.21. The topological polar surface area (TPSA) is 76.2 Å². The molecule has 0 radical (unpaired) electrons. The van der Waals surface area contributed by atoms with E-state index in [1.807, 2.05) is 31.2 Å². The number of methoxy groups -OCH3 is 1. The molecule has 0 aliphatic carbocycles. The molecular weight excluding hydrogens is 439 g/mol. The molecule has 0 aromatic heterocycles. The van der Waals surface area contributed by atoms with Gasteiger partial charge in [0.05, 0.1) is 30.1 Å². The van der Waals surface area contributed by atoms with Crippen LogP contribution in [0, 0.1) is 18.7 Å². The molecule has 34 heavy (non-hydrogen) atoms. The standard InChI is InChI=1S/C26H21FN2O5/c1-15-5-3-4-6-20(15)29-22(16-7-11-18(27)12-8-16)21-23(34-29)25(31)28(24(21)30)19-13-9-17(10-14-19)26(32)33-2/h3-14,21-23H,1-2H3/t21-,22-,23-/m1/s1. The number of hydrogen-bond donors (Lipinski definition) is 0. The number of para-hydroxylation sites is 1. The highest BCUT2D eigenvalue weighted by atomic mass is 19.1. The van der Waals surface area contributed by atoms with Gasteiger partial charge >= 0.3 is 5.97 Å². The van der Waals surface area contributed by atoms with Crippen LogP contribution in [0.5, 0.6) is 0 Å². The summed E-state index contributed by atoms with van der Waals surface area (Å²) in [6.07, 6.45) is -1.04. The van der Waals surface area contributed by atoms with Crippen LogP contribution in [0.1, 0.15) is 27.5 Å². The number of carbonyl (C=O) groups excluding carboxylic acids is 3. The van der Waals surface area contributed by atoms with Crippen molar-refractivity contribution in [1.29, 1.82) is 0 Å². The van der Waals surface area contributed by atoms with Gasteiger partial charge in [0.2, 0.25) is 5.91 Å². The molecule has 0 spiro atoms. The average Bonchev–Trinajstić information content (AvgIpc) is 3.35. The first-order chi connectivity index (χ1) is 16.4. The quantitative estimate of drug-likeness (QED) is 0.433. The molecule has 3 atom stereocenters. The number of hydroxylamine groups is 1. The van der Waals surface area contributed by atoms with Crippen molar-refractivity contribution in [2.45, 2.75) is 19.1 Å². The molecule has 2 aliphatic heterocycles. The van der Waals surface area contributed by atoms with Crippen LogP contribution in [0.2, 0.25) is 0 Å². The first kappa shape index (κ1) is 21.8. The van der Waals surface area contributed by atoms with Crippen LogP contribution in [0.4, 0.5) is 15.8 Å². The molecule has 2 amide bonds. The molecule has 0 unspecified atom stereocenters. The van der Waals surface area contributed by atoms with Crippen LogP contribution < -0.4 is 9.96 Å². The van der Waals surface area contributed by atoms with E-state index in [0.29, 0.717) is 16.8 Å². The van der Waals surface area contributed by atoms with E-state index in [-0.39, 0.29) is 0 Å². The lowest BCUT2D eigenvalue weighted by Crippen LogP contribution is -2.37. The summed E-state index contributed by atoms with van der Waals surface area (Å²) in [5.74, 6) is -2.67. The fourth-order valence-corrected chi connectivity index (χ4v) is 4.55. The summed E-state index contributed by atoms with van der Waals surface area (Å²) in [4.78, 5) is 45.9. The minimum atomic E-state index is -1.04. The Morgan fingerprint density at radius 3 is 2.26 bits per heavy atom. The molecule has 2 fully saturated rings. The molecule has 0 bridgehead atoms. The Bertz CT molecular complexity index is 1280. The minimum Gasteiger partial charge on any atom is -0.465 e. The number of ether oxygens (including phenoxy) is 1. The Labute approximate surface area is 195 Å². The van der Waals surface area contributed by atoms with E-state index in [1.54, 1.807) is 17.2 Å². The molecule has 7 nitrogen and oxygen atoms in total. The molecule has 3 aromatic rings. The Kier molecular flexibility index (Phi) is 5.37. The zero-order valence-corrected chi connectivity index (χ0v) is 18.5. The number of rotatable bonds is 4. The molecule has 0 N–H and O–H groups in total. The summed E-state index contributed by atoms with van der Waals surface area (Å²) < 4.78 is 18.4. The zero-order chi connectivity index (χ0) is 24.0. The van der Waals surface area contributed by atoms with Crippen molar-refractivity contribution in [1.82, 2.24) is 0 Å². The van der Waals surface area contributed by atoms with E-state index < -0.39 is 41.7 Å². The third-order valence-corrected chi connectivity index (χ3v) is 6.23. The maximum atomic E-state index is 13.7. The lowest BCUT2D eigenvalue weighted by molar-refractivity contribution is -0.126. The van der Waals surface area contributed by atoms with Gasteiger partial charge in [0.1, 0.15) is 11.7 Å². The van der Waals surface area contributed by atoms with Gasteiger partial charge in [-0.25, -0.2) is 19.1 Å². The van der Waals surface area contributed by atoms with Crippen LogP contribution in [-0.4, -0.2) is 31.0 Å². The average molecular weight is 460 g/mol. The van der Waals surface area contributed by atoms with Crippen molar-refractivity contribution >= 4 is 29.2 Å². The summed E-state index contributed by atoms with van der Waals surface area (Å²) in [5, 5.41) is 1.59. The molecule has 0 saturated carbocycles. The molecular formula is C26H21FN2O5. The Morgan fingerprint density at radius 2 is 1.62 bits per heavy atom. The largest absolute Gasteiger partial charge is 0.465 e. The van der Waals surface area contributed by atoms with E-state index in [1.165, 1.54) is 43.5 Å². The molecule has 2 aliphatic rings. The van der Waals surface area contributed by atoms with E-state index in [4.69, 9.17) is 9.57 Å². The van der Waals surface area contributed by atoms with E-state index in [9.17, 15) is 18.8 Å².